The largest absolute Gasteiger partial charge is 0.280 e. The Morgan fingerprint density at radius 2 is 2.23 bits per heavy atom. The van der Waals surface area contributed by atoms with Gasteiger partial charge in [0, 0.05) is 5.92 Å². The van der Waals surface area contributed by atoms with Gasteiger partial charge < -0.3 is 0 Å². The lowest BCUT2D eigenvalue weighted by Gasteiger charge is -2.18. The van der Waals surface area contributed by atoms with Crippen molar-refractivity contribution in [2.75, 3.05) is 0 Å². The molecule has 0 aliphatic heterocycles. The Labute approximate surface area is 83.7 Å². The van der Waals surface area contributed by atoms with Gasteiger partial charge in [0.1, 0.15) is 6.20 Å². The Bertz CT molecular complexity index is 287. The van der Waals surface area contributed by atoms with Crippen molar-refractivity contribution in [2.24, 2.45) is 11.8 Å². The van der Waals surface area contributed by atoms with Crippen molar-refractivity contribution in [3.05, 3.63) is 16.9 Å². The fourth-order valence-corrected chi connectivity index (χ4v) is 2.25. The Morgan fingerprint density at radius 3 is 2.62 bits per heavy atom. The third-order valence-corrected chi connectivity index (χ3v) is 3.04. The van der Waals surface area contributed by atoms with Crippen molar-refractivity contribution in [1.82, 2.24) is 10.2 Å². The van der Waals surface area contributed by atoms with E-state index < -0.39 is 0 Å². The summed E-state index contributed by atoms with van der Waals surface area (Å²) in [6.07, 6.45) is 5.41. The van der Waals surface area contributed by atoms with Gasteiger partial charge in [0.15, 0.2) is 0 Å². The van der Waals surface area contributed by atoms with E-state index in [2.05, 4.69) is 30.2 Å². The monoisotopic (exact) mass is 197 g/mol. The second-order valence-corrected chi connectivity index (χ2v) is 4.55. The summed E-state index contributed by atoms with van der Waals surface area (Å²) in [6.45, 7) is 4.47. The highest BCUT2D eigenvalue weighted by atomic mass is 35.5. The zero-order valence-corrected chi connectivity index (χ0v) is 8.73. The molecule has 71 valence electrons. The summed E-state index contributed by atoms with van der Waals surface area (Å²) in [4.78, 5) is 0. The SMILES string of the molecule is CC(C)C(c1[nH]n[c]c1Cl)C1CC1. The lowest BCUT2D eigenvalue weighted by Crippen LogP contribution is -2.10. The van der Waals surface area contributed by atoms with Crippen molar-refractivity contribution in [2.45, 2.75) is 32.6 Å². The molecule has 1 N–H and O–H groups in total. The highest BCUT2D eigenvalue weighted by molar-refractivity contribution is 6.31. The summed E-state index contributed by atoms with van der Waals surface area (Å²) >= 11 is 6.00. The van der Waals surface area contributed by atoms with Crippen LogP contribution in [0.4, 0.5) is 0 Å². The number of aromatic nitrogens is 2. The van der Waals surface area contributed by atoms with Crippen LogP contribution in [0.25, 0.3) is 0 Å². The predicted molar refractivity (Wildman–Crippen MR) is 52.7 cm³/mol. The van der Waals surface area contributed by atoms with Crippen LogP contribution in [0.5, 0.6) is 0 Å². The van der Waals surface area contributed by atoms with Gasteiger partial charge in [-0.05, 0) is 24.7 Å². The molecule has 1 aromatic heterocycles. The molecule has 13 heavy (non-hydrogen) atoms. The van der Waals surface area contributed by atoms with E-state index in [1.807, 2.05) is 0 Å². The smallest absolute Gasteiger partial charge is 0.133 e. The van der Waals surface area contributed by atoms with Crippen LogP contribution < -0.4 is 0 Å². The topological polar surface area (TPSA) is 28.7 Å². The van der Waals surface area contributed by atoms with Crippen LogP contribution in [0.15, 0.2) is 0 Å². The fraction of sp³-hybridized carbons (Fsp3) is 0.700. The molecule has 1 aliphatic rings. The number of aromatic amines is 1. The van der Waals surface area contributed by atoms with E-state index in [1.54, 1.807) is 0 Å². The second-order valence-electron chi connectivity index (χ2n) is 4.17. The number of halogens is 1. The first kappa shape index (κ1) is 9.07. The van der Waals surface area contributed by atoms with Crippen LogP contribution in [0.3, 0.4) is 0 Å². The van der Waals surface area contributed by atoms with Crippen molar-refractivity contribution >= 4 is 11.6 Å². The quantitative estimate of drug-likeness (QED) is 0.793. The maximum atomic E-state index is 6.00. The van der Waals surface area contributed by atoms with Crippen LogP contribution in [0.2, 0.25) is 5.02 Å². The molecule has 0 amide bonds. The van der Waals surface area contributed by atoms with Crippen LogP contribution in [0.1, 0.15) is 38.3 Å². The van der Waals surface area contributed by atoms with Crippen LogP contribution in [0, 0.1) is 18.0 Å². The minimum atomic E-state index is 0.547. The molecule has 0 saturated heterocycles. The highest BCUT2D eigenvalue weighted by Gasteiger charge is 2.36. The Hall–Kier alpha value is -0.500. The summed E-state index contributed by atoms with van der Waals surface area (Å²) in [5, 5.41) is 7.50. The number of hydrogen-bond acceptors (Lipinski definition) is 1. The maximum Gasteiger partial charge on any atom is 0.133 e. The van der Waals surface area contributed by atoms with Crippen molar-refractivity contribution in [3.63, 3.8) is 0 Å². The Morgan fingerprint density at radius 1 is 1.54 bits per heavy atom. The van der Waals surface area contributed by atoms with Crippen LogP contribution in [-0.4, -0.2) is 10.2 Å². The molecule has 1 atom stereocenters. The minimum Gasteiger partial charge on any atom is -0.280 e. The van der Waals surface area contributed by atoms with Crippen LogP contribution >= 0.6 is 11.6 Å². The van der Waals surface area contributed by atoms with E-state index in [0.717, 1.165) is 11.6 Å². The van der Waals surface area contributed by atoms with E-state index in [-0.39, 0.29) is 0 Å². The maximum absolute atomic E-state index is 6.00. The number of rotatable bonds is 3. The first-order valence-electron chi connectivity index (χ1n) is 4.81. The average molecular weight is 198 g/mol. The third-order valence-electron chi connectivity index (χ3n) is 2.75. The molecular weight excluding hydrogens is 184 g/mol. The van der Waals surface area contributed by atoms with Gasteiger partial charge in [0.2, 0.25) is 0 Å². The summed E-state index contributed by atoms with van der Waals surface area (Å²) in [5.41, 5.74) is 1.08. The normalized spacial score (nSPS) is 19.4. The summed E-state index contributed by atoms with van der Waals surface area (Å²) in [5.74, 6) is 1.98. The van der Waals surface area contributed by atoms with E-state index >= 15 is 0 Å². The van der Waals surface area contributed by atoms with E-state index in [4.69, 9.17) is 11.6 Å². The van der Waals surface area contributed by atoms with Crippen molar-refractivity contribution < 1.29 is 0 Å². The lowest BCUT2D eigenvalue weighted by atomic mass is 9.88. The zero-order valence-electron chi connectivity index (χ0n) is 7.97. The van der Waals surface area contributed by atoms with Crippen LogP contribution in [-0.2, 0) is 0 Å². The average Bonchev–Trinajstić information content (AvgIpc) is 2.78. The van der Waals surface area contributed by atoms with Gasteiger partial charge in [-0.2, -0.15) is 5.10 Å². The number of H-pyrrole nitrogens is 1. The van der Waals surface area contributed by atoms with Gasteiger partial charge in [-0.15, -0.1) is 0 Å². The predicted octanol–water partition coefficient (Wildman–Crippen LogP) is 3.01. The molecule has 1 aliphatic carbocycles. The number of nitrogens with zero attached hydrogens (tertiary/aromatic N) is 1. The summed E-state index contributed by atoms with van der Waals surface area (Å²) < 4.78 is 0. The van der Waals surface area contributed by atoms with Gasteiger partial charge in [0.05, 0.1) is 10.7 Å². The summed E-state index contributed by atoms with van der Waals surface area (Å²) in [6, 6.07) is 0. The molecule has 1 aromatic rings. The van der Waals surface area contributed by atoms with E-state index in [0.29, 0.717) is 16.9 Å². The molecule has 1 unspecified atom stereocenters. The molecule has 0 bridgehead atoms. The Balaban J connectivity index is 2.24. The van der Waals surface area contributed by atoms with Gasteiger partial charge in [-0.1, -0.05) is 25.4 Å². The second kappa shape index (κ2) is 3.33. The molecule has 1 radical (unpaired) electrons. The fourth-order valence-electron chi connectivity index (χ4n) is 2.04. The third kappa shape index (κ3) is 1.73. The molecular formula is C10H14ClN2. The zero-order chi connectivity index (χ0) is 9.42. The molecule has 2 nitrogen and oxygen atoms in total. The summed E-state index contributed by atoms with van der Waals surface area (Å²) in [7, 11) is 0. The van der Waals surface area contributed by atoms with Crippen molar-refractivity contribution in [1.29, 1.82) is 0 Å². The van der Waals surface area contributed by atoms with Gasteiger partial charge >= 0.3 is 0 Å². The molecule has 1 heterocycles. The molecule has 0 aromatic carbocycles. The standard InChI is InChI=1S/C10H14ClN2/c1-6(2)9(7-3-4-7)10-8(11)5-12-13-10/h6-7,9H,3-4H2,1-2H3,(H,12,13). The molecule has 2 rings (SSSR count). The van der Waals surface area contributed by atoms with E-state index in [1.165, 1.54) is 12.8 Å². The minimum absolute atomic E-state index is 0.547. The number of hydrogen-bond donors (Lipinski definition) is 1. The van der Waals surface area contributed by atoms with Gasteiger partial charge in [-0.3, -0.25) is 5.10 Å². The molecule has 0 spiro atoms. The number of nitrogens with one attached hydrogen (secondary N) is 1. The molecule has 3 heteroatoms. The van der Waals surface area contributed by atoms with E-state index in [9.17, 15) is 0 Å². The molecule has 1 fully saturated rings. The Kier molecular flexibility index (Phi) is 2.33. The highest BCUT2D eigenvalue weighted by Crippen LogP contribution is 2.47. The first-order chi connectivity index (χ1) is 6.20. The lowest BCUT2D eigenvalue weighted by molar-refractivity contribution is 0.440. The van der Waals surface area contributed by atoms with Gasteiger partial charge in [-0.25, -0.2) is 0 Å². The molecule has 1 saturated carbocycles. The first-order valence-corrected chi connectivity index (χ1v) is 5.19. The van der Waals surface area contributed by atoms with Gasteiger partial charge in [0.25, 0.3) is 0 Å². The van der Waals surface area contributed by atoms with Crippen molar-refractivity contribution in [3.8, 4) is 0 Å².